The first-order chi connectivity index (χ1) is 10.6. The summed E-state index contributed by atoms with van der Waals surface area (Å²) in [7, 11) is 1.84. The summed E-state index contributed by atoms with van der Waals surface area (Å²) in [5.74, 6) is -0.0462. The quantitative estimate of drug-likeness (QED) is 0.923. The van der Waals surface area contributed by atoms with Gasteiger partial charge in [0.2, 0.25) is 0 Å². The van der Waals surface area contributed by atoms with Crippen LogP contribution in [0, 0.1) is 6.92 Å². The van der Waals surface area contributed by atoms with E-state index in [0.717, 1.165) is 17.8 Å². The topological polar surface area (TPSA) is 50.2 Å². The van der Waals surface area contributed by atoms with E-state index in [-0.39, 0.29) is 11.9 Å². The number of aryl methyl sites for hydroxylation is 2. The molecule has 0 spiro atoms. The molecule has 1 aliphatic heterocycles. The zero-order chi connectivity index (χ0) is 15.7. The normalized spacial score (nSPS) is 18.5. The van der Waals surface area contributed by atoms with E-state index in [9.17, 15) is 4.79 Å². The summed E-state index contributed by atoms with van der Waals surface area (Å²) >= 11 is 6.32. The van der Waals surface area contributed by atoms with Crippen LogP contribution < -0.4 is 5.32 Å². The lowest BCUT2D eigenvalue weighted by Gasteiger charge is -2.36. The number of nitrogens with one attached hydrogen (secondary N) is 1. The standard InChI is InChI=1S/C16H19ClN4O/c1-11-9-14(19-20(11)2)16(22)21-8-7-18-10-15(21)12-5-3-4-6-13(12)17/h3-6,9,15,18H,7-8,10H2,1-2H3. The zero-order valence-corrected chi connectivity index (χ0v) is 13.5. The van der Waals surface area contributed by atoms with Gasteiger partial charge in [0, 0.05) is 37.4 Å². The van der Waals surface area contributed by atoms with Crippen LogP contribution in [0.15, 0.2) is 30.3 Å². The van der Waals surface area contributed by atoms with Crippen molar-refractivity contribution in [1.29, 1.82) is 0 Å². The lowest BCUT2D eigenvalue weighted by atomic mass is 10.0. The van der Waals surface area contributed by atoms with Crippen LogP contribution in [0.4, 0.5) is 0 Å². The largest absolute Gasteiger partial charge is 0.328 e. The molecule has 0 saturated carbocycles. The second-order valence-corrected chi connectivity index (χ2v) is 5.94. The summed E-state index contributed by atoms with van der Waals surface area (Å²) in [6.45, 7) is 4.05. The lowest BCUT2D eigenvalue weighted by Crippen LogP contribution is -2.48. The minimum atomic E-state index is -0.0720. The summed E-state index contributed by atoms with van der Waals surface area (Å²) in [5, 5.41) is 8.33. The third kappa shape index (κ3) is 2.74. The molecule has 6 heteroatoms. The number of amides is 1. The Morgan fingerprint density at radius 2 is 2.18 bits per heavy atom. The lowest BCUT2D eigenvalue weighted by molar-refractivity contribution is 0.0627. The molecule has 2 heterocycles. The van der Waals surface area contributed by atoms with Gasteiger partial charge in [-0.3, -0.25) is 9.48 Å². The van der Waals surface area contributed by atoms with Crippen molar-refractivity contribution in [2.75, 3.05) is 19.6 Å². The average Bonchev–Trinajstić information content (AvgIpc) is 2.87. The van der Waals surface area contributed by atoms with Crippen molar-refractivity contribution in [3.8, 4) is 0 Å². The number of hydrogen-bond acceptors (Lipinski definition) is 3. The minimum absolute atomic E-state index is 0.0462. The number of nitrogens with zero attached hydrogens (tertiary/aromatic N) is 3. The molecule has 1 fully saturated rings. The zero-order valence-electron chi connectivity index (χ0n) is 12.7. The maximum absolute atomic E-state index is 12.8. The maximum atomic E-state index is 12.8. The molecular weight excluding hydrogens is 300 g/mol. The van der Waals surface area contributed by atoms with E-state index in [0.29, 0.717) is 23.8 Å². The van der Waals surface area contributed by atoms with E-state index in [4.69, 9.17) is 11.6 Å². The fraction of sp³-hybridized carbons (Fsp3) is 0.375. The van der Waals surface area contributed by atoms with E-state index < -0.39 is 0 Å². The molecule has 1 atom stereocenters. The Bertz CT molecular complexity index is 678. The average molecular weight is 319 g/mol. The predicted octanol–water partition coefficient (Wildman–Crippen LogP) is 2.17. The Hall–Kier alpha value is -1.85. The van der Waals surface area contributed by atoms with E-state index in [2.05, 4.69) is 10.4 Å². The molecule has 22 heavy (non-hydrogen) atoms. The van der Waals surface area contributed by atoms with Crippen LogP contribution in [0.5, 0.6) is 0 Å². The number of carbonyl (C=O) groups excluding carboxylic acids is 1. The molecule has 1 aromatic heterocycles. The van der Waals surface area contributed by atoms with Crippen molar-refractivity contribution in [3.63, 3.8) is 0 Å². The molecule has 0 aliphatic carbocycles. The number of carbonyl (C=O) groups is 1. The van der Waals surface area contributed by atoms with E-state index in [1.165, 1.54) is 0 Å². The third-order valence-corrected chi connectivity index (χ3v) is 4.45. The molecule has 1 amide bonds. The van der Waals surface area contributed by atoms with Crippen molar-refractivity contribution < 1.29 is 4.79 Å². The van der Waals surface area contributed by atoms with Crippen molar-refractivity contribution in [2.45, 2.75) is 13.0 Å². The van der Waals surface area contributed by atoms with Gasteiger partial charge in [0.15, 0.2) is 5.69 Å². The van der Waals surface area contributed by atoms with Gasteiger partial charge < -0.3 is 10.2 Å². The van der Waals surface area contributed by atoms with Crippen molar-refractivity contribution in [2.24, 2.45) is 7.05 Å². The van der Waals surface area contributed by atoms with Crippen molar-refractivity contribution in [3.05, 3.63) is 52.3 Å². The minimum Gasteiger partial charge on any atom is -0.328 e. The second-order valence-electron chi connectivity index (χ2n) is 5.53. The third-order valence-electron chi connectivity index (χ3n) is 4.10. The van der Waals surface area contributed by atoms with E-state index in [1.807, 2.05) is 49.2 Å². The molecule has 1 saturated heterocycles. The summed E-state index contributed by atoms with van der Waals surface area (Å²) in [6.07, 6.45) is 0. The van der Waals surface area contributed by atoms with Gasteiger partial charge in [-0.25, -0.2) is 0 Å². The van der Waals surface area contributed by atoms with Gasteiger partial charge in [-0.2, -0.15) is 5.10 Å². The monoisotopic (exact) mass is 318 g/mol. The van der Waals surface area contributed by atoms with Crippen molar-refractivity contribution >= 4 is 17.5 Å². The van der Waals surface area contributed by atoms with E-state index in [1.54, 1.807) is 4.68 Å². The number of rotatable bonds is 2. The van der Waals surface area contributed by atoms with Crippen LogP contribution in [-0.4, -0.2) is 40.2 Å². The Morgan fingerprint density at radius 3 is 2.86 bits per heavy atom. The van der Waals surface area contributed by atoms with Gasteiger partial charge in [0.05, 0.1) is 6.04 Å². The Kier molecular flexibility index (Phi) is 4.18. The maximum Gasteiger partial charge on any atom is 0.274 e. The summed E-state index contributed by atoms with van der Waals surface area (Å²) < 4.78 is 1.72. The van der Waals surface area contributed by atoms with E-state index >= 15 is 0 Å². The summed E-state index contributed by atoms with van der Waals surface area (Å²) in [4.78, 5) is 14.7. The highest BCUT2D eigenvalue weighted by Gasteiger charge is 2.31. The van der Waals surface area contributed by atoms with Crippen LogP contribution in [-0.2, 0) is 7.05 Å². The smallest absolute Gasteiger partial charge is 0.274 e. The first kappa shape index (κ1) is 15.1. The molecular formula is C16H19ClN4O. The number of halogens is 1. The first-order valence-corrected chi connectivity index (χ1v) is 7.72. The second kappa shape index (κ2) is 6.10. The highest BCUT2D eigenvalue weighted by molar-refractivity contribution is 6.31. The van der Waals surface area contributed by atoms with Crippen LogP contribution in [0.25, 0.3) is 0 Å². The number of aromatic nitrogens is 2. The molecule has 1 aromatic carbocycles. The Balaban J connectivity index is 1.93. The van der Waals surface area contributed by atoms with Crippen molar-refractivity contribution in [1.82, 2.24) is 20.0 Å². The summed E-state index contributed by atoms with van der Waals surface area (Å²) in [5.41, 5.74) is 2.42. The van der Waals surface area contributed by atoms with Gasteiger partial charge in [0.25, 0.3) is 5.91 Å². The van der Waals surface area contributed by atoms with Gasteiger partial charge in [-0.15, -0.1) is 0 Å². The molecule has 116 valence electrons. The molecule has 5 nitrogen and oxygen atoms in total. The summed E-state index contributed by atoms with van der Waals surface area (Å²) in [6, 6.07) is 9.44. The predicted molar refractivity (Wildman–Crippen MR) is 86.0 cm³/mol. The van der Waals surface area contributed by atoms with Gasteiger partial charge >= 0.3 is 0 Å². The Labute approximate surface area is 134 Å². The Morgan fingerprint density at radius 1 is 1.41 bits per heavy atom. The highest BCUT2D eigenvalue weighted by Crippen LogP contribution is 2.29. The molecule has 0 radical (unpaired) electrons. The fourth-order valence-corrected chi connectivity index (χ4v) is 3.04. The molecule has 1 unspecified atom stereocenters. The molecule has 2 aromatic rings. The SMILES string of the molecule is Cc1cc(C(=O)N2CCNCC2c2ccccc2Cl)nn1C. The van der Waals surface area contributed by atoms with Gasteiger partial charge in [-0.05, 0) is 24.6 Å². The molecule has 3 rings (SSSR count). The highest BCUT2D eigenvalue weighted by atomic mass is 35.5. The van der Waals surface area contributed by atoms with Crippen LogP contribution in [0.1, 0.15) is 27.8 Å². The fourth-order valence-electron chi connectivity index (χ4n) is 2.78. The number of hydrogen-bond donors (Lipinski definition) is 1. The molecule has 0 bridgehead atoms. The number of piperazine rings is 1. The molecule has 1 N–H and O–H groups in total. The van der Waals surface area contributed by atoms with Crippen LogP contribution in [0.3, 0.4) is 0 Å². The number of benzene rings is 1. The first-order valence-electron chi connectivity index (χ1n) is 7.34. The van der Waals surface area contributed by atoms with Crippen LogP contribution in [0.2, 0.25) is 5.02 Å². The van der Waals surface area contributed by atoms with Gasteiger partial charge in [-0.1, -0.05) is 29.8 Å². The van der Waals surface area contributed by atoms with Crippen LogP contribution >= 0.6 is 11.6 Å². The van der Waals surface area contributed by atoms with Gasteiger partial charge in [0.1, 0.15) is 0 Å². The molecule has 1 aliphatic rings.